The Balaban J connectivity index is 1.50. The summed E-state index contributed by atoms with van der Waals surface area (Å²) in [6, 6.07) is 17.0. The number of anilines is 2. The Morgan fingerprint density at radius 2 is 1.71 bits per heavy atom. The molecule has 6 heteroatoms. The standard InChI is InChI=1S/C28H27N3O3/c1-4-18-5-6-21(15-25(18)28(33)34-3)19-9-13-24(14-10-19)30-27(32)26-16-22(17-31(26)2)20-7-11-23(29)12-8-20/h4,6-17H,5,29H2,1-3H3,(H,30,32)/b18-4-. The lowest BCUT2D eigenvalue weighted by Crippen LogP contribution is -2.15. The number of esters is 1. The van der Waals surface area contributed by atoms with Gasteiger partial charge in [-0.25, -0.2) is 4.79 Å². The van der Waals surface area contributed by atoms with Crippen LogP contribution in [0.2, 0.25) is 0 Å². The smallest absolute Gasteiger partial charge is 0.338 e. The number of aryl methyl sites for hydroxylation is 1. The number of ether oxygens (including phenoxy) is 1. The van der Waals surface area contributed by atoms with Crippen molar-refractivity contribution in [3.63, 3.8) is 0 Å². The van der Waals surface area contributed by atoms with Gasteiger partial charge in [0, 0.05) is 30.2 Å². The van der Waals surface area contributed by atoms with E-state index in [1.165, 1.54) is 7.11 Å². The van der Waals surface area contributed by atoms with Crippen LogP contribution in [0.5, 0.6) is 0 Å². The predicted octanol–water partition coefficient (Wildman–Crippen LogP) is 5.36. The molecule has 34 heavy (non-hydrogen) atoms. The third kappa shape index (κ3) is 4.71. The number of nitrogen functional groups attached to an aromatic ring is 1. The van der Waals surface area contributed by atoms with Gasteiger partial charge in [0.2, 0.25) is 0 Å². The van der Waals surface area contributed by atoms with E-state index >= 15 is 0 Å². The minimum atomic E-state index is -0.344. The van der Waals surface area contributed by atoms with Crippen LogP contribution in [0.15, 0.2) is 90.2 Å². The van der Waals surface area contributed by atoms with Gasteiger partial charge in [-0.2, -0.15) is 0 Å². The van der Waals surface area contributed by atoms with Crippen molar-refractivity contribution in [2.75, 3.05) is 18.2 Å². The van der Waals surface area contributed by atoms with Crippen molar-refractivity contribution in [3.05, 3.63) is 101 Å². The fourth-order valence-corrected chi connectivity index (χ4v) is 3.98. The third-order valence-electron chi connectivity index (χ3n) is 5.90. The van der Waals surface area contributed by atoms with Gasteiger partial charge >= 0.3 is 5.97 Å². The van der Waals surface area contributed by atoms with Crippen molar-refractivity contribution < 1.29 is 14.3 Å². The van der Waals surface area contributed by atoms with E-state index in [1.54, 1.807) is 4.57 Å². The monoisotopic (exact) mass is 453 g/mol. The molecule has 0 spiro atoms. The molecule has 0 atom stereocenters. The zero-order valence-corrected chi connectivity index (χ0v) is 19.5. The number of amides is 1. The number of allylic oxidation sites excluding steroid dienone is 4. The molecule has 3 N–H and O–H groups in total. The Bertz CT molecular complexity index is 1320. The van der Waals surface area contributed by atoms with Crippen molar-refractivity contribution in [2.24, 2.45) is 7.05 Å². The molecule has 4 rings (SSSR count). The van der Waals surface area contributed by atoms with Gasteiger partial charge in [0.25, 0.3) is 5.91 Å². The van der Waals surface area contributed by atoms with E-state index in [0.29, 0.717) is 29.1 Å². The molecule has 1 amide bonds. The van der Waals surface area contributed by atoms with Crippen molar-refractivity contribution in [1.82, 2.24) is 4.57 Å². The maximum atomic E-state index is 12.9. The van der Waals surface area contributed by atoms with Crippen LogP contribution in [0, 0.1) is 0 Å². The van der Waals surface area contributed by atoms with Crippen molar-refractivity contribution in [3.8, 4) is 11.1 Å². The molecule has 172 valence electrons. The normalized spacial score (nSPS) is 14.4. The number of nitrogens with two attached hydrogens (primary N) is 1. The lowest BCUT2D eigenvalue weighted by atomic mass is 9.90. The molecule has 0 bridgehead atoms. The van der Waals surface area contributed by atoms with Gasteiger partial charge in [0.05, 0.1) is 12.7 Å². The number of hydrogen-bond donors (Lipinski definition) is 2. The fourth-order valence-electron chi connectivity index (χ4n) is 3.98. The quantitative estimate of drug-likeness (QED) is 0.402. The SMILES string of the molecule is C/C=C1/CC=C(c2ccc(NC(=O)c3cc(-c4ccc(N)cc4)cn3C)cc2)C=C1C(=O)OC. The fraction of sp³-hybridized carbons (Fsp3) is 0.143. The van der Waals surface area contributed by atoms with Crippen LogP contribution in [-0.4, -0.2) is 23.6 Å². The van der Waals surface area contributed by atoms with Crippen molar-refractivity contribution in [2.45, 2.75) is 13.3 Å². The molecule has 1 aliphatic carbocycles. The molecule has 2 aromatic carbocycles. The Morgan fingerprint density at radius 3 is 2.35 bits per heavy atom. The molecule has 1 heterocycles. The molecule has 0 unspecified atom stereocenters. The zero-order chi connectivity index (χ0) is 24.2. The van der Waals surface area contributed by atoms with Crippen LogP contribution in [0.3, 0.4) is 0 Å². The van der Waals surface area contributed by atoms with Gasteiger partial charge in [-0.05, 0) is 72.0 Å². The van der Waals surface area contributed by atoms with Gasteiger partial charge in [-0.15, -0.1) is 0 Å². The topological polar surface area (TPSA) is 86.4 Å². The summed E-state index contributed by atoms with van der Waals surface area (Å²) in [6.45, 7) is 1.91. The highest BCUT2D eigenvalue weighted by atomic mass is 16.5. The lowest BCUT2D eigenvalue weighted by molar-refractivity contribution is -0.135. The zero-order valence-electron chi connectivity index (χ0n) is 19.5. The van der Waals surface area contributed by atoms with E-state index in [4.69, 9.17) is 10.5 Å². The number of benzene rings is 2. The average Bonchev–Trinajstić information content (AvgIpc) is 3.25. The third-order valence-corrected chi connectivity index (χ3v) is 5.90. The second-order valence-electron chi connectivity index (χ2n) is 8.11. The van der Waals surface area contributed by atoms with E-state index in [1.807, 2.05) is 86.9 Å². The predicted molar refractivity (Wildman–Crippen MR) is 136 cm³/mol. The lowest BCUT2D eigenvalue weighted by Gasteiger charge is -2.16. The highest BCUT2D eigenvalue weighted by Gasteiger charge is 2.19. The summed E-state index contributed by atoms with van der Waals surface area (Å²) in [7, 11) is 3.23. The molecule has 3 aromatic rings. The van der Waals surface area contributed by atoms with E-state index in [2.05, 4.69) is 11.4 Å². The number of carbonyl (C=O) groups excluding carboxylic acids is 2. The summed E-state index contributed by atoms with van der Waals surface area (Å²) >= 11 is 0. The number of nitrogens with one attached hydrogen (secondary N) is 1. The van der Waals surface area contributed by atoms with Crippen LogP contribution >= 0.6 is 0 Å². The minimum absolute atomic E-state index is 0.195. The summed E-state index contributed by atoms with van der Waals surface area (Å²) in [5.41, 5.74) is 13.1. The highest BCUT2D eigenvalue weighted by Crippen LogP contribution is 2.30. The molecule has 6 nitrogen and oxygen atoms in total. The molecule has 1 aliphatic rings. The van der Waals surface area contributed by atoms with E-state index < -0.39 is 0 Å². The molecule has 0 fully saturated rings. The van der Waals surface area contributed by atoms with Crippen LogP contribution in [0.25, 0.3) is 16.7 Å². The molecular formula is C28H27N3O3. The number of carbonyl (C=O) groups is 2. The van der Waals surface area contributed by atoms with Crippen LogP contribution in [0.1, 0.15) is 29.4 Å². The largest absolute Gasteiger partial charge is 0.465 e. The van der Waals surface area contributed by atoms with Gasteiger partial charge in [0.15, 0.2) is 0 Å². The number of aromatic nitrogens is 1. The molecule has 0 saturated heterocycles. The Labute approximate surface area is 199 Å². The van der Waals surface area contributed by atoms with Crippen LogP contribution < -0.4 is 11.1 Å². The second kappa shape index (κ2) is 9.67. The first-order valence-corrected chi connectivity index (χ1v) is 11.0. The van der Waals surface area contributed by atoms with Gasteiger partial charge < -0.3 is 20.4 Å². The number of methoxy groups -OCH3 is 1. The molecule has 0 saturated carbocycles. The summed E-state index contributed by atoms with van der Waals surface area (Å²) < 4.78 is 6.73. The van der Waals surface area contributed by atoms with E-state index in [0.717, 1.165) is 27.8 Å². The summed E-state index contributed by atoms with van der Waals surface area (Å²) in [4.78, 5) is 25.1. The van der Waals surface area contributed by atoms with Crippen molar-refractivity contribution >= 4 is 28.8 Å². The van der Waals surface area contributed by atoms with Gasteiger partial charge in [-0.1, -0.05) is 36.4 Å². The van der Waals surface area contributed by atoms with Gasteiger partial charge in [-0.3, -0.25) is 4.79 Å². The molecule has 1 aromatic heterocycles. The second-order valence-corrected chi connectivity index (χ2v) is 8.11. The van der Waals surface area contributed by atoms with Crippen LogP contribution in [-0.2, 0) is 16.6 Å². The number of nitrogens with zero attached hydrogens (tertiary/aromatic N) is 1. The Hall–Kier alpha value is -4.32. The van der Waals surface area contributed by atoms with Gasteiger partial charge in [0.1, 0.15) is 5.69 Å². The average molecular weight is 454 g/mol. The summed E-state index contributed by atoms with van der Waals surface area (Å²) in [5.74, 6) is -0.539. The van der Waals surface area contributed by atoms with E-state index in [9.17, 15) is 9.59 Å². The first kappa shape index (κ1) is 22.9. The Morgan fingerprint density at radius 1 is 1.03 bits per heavy atom. The highest BCUT2D eigenvalue weighted by molar-refractivity contribution is 6.04. The molecule has 0 aliphatic heterocycles. The number of hydrogen-bond acceptors (Lipinski definition) is 4. The summed E-state index contributed by atoms with van der Waals surface area (Å²) in [5, 5.41) is 2.96. The Kier molecular flexibility index (Phi) is 6.50. The van der Waals surface area contributed by atoms with Crippen molar-refractivity contribution in [1.29, 1.82) is 0 Å². The first-order valence-electron chi connectivity index (χ1n) is 11.0. The van der Waals surface area contributed by atoms with Crippen LogP contribution in [0.4, 0.5) is 11.4 Å². The van der Waals surface area contributed by atoms with E-state index in [-0.39, 0.29) is 11.9 Å². The molecule has 0 radical (unpaired) electrons. The summed E-state index contributed by atoms with van der Waals surface area (Å²) in [6.07, 6.45) is 8.44. The maximum absolute atomic E-state index is 12.9. The number of rotatable bonds is 5. The maximum Gasteiger partial charge on any atom is 0.338 e. The molecular weight excluding hydrogens is 426 g/mol. The first-order chi connectivity index (χ1) is 16.4. The minimum Gasteiger partial charge on any atom is -0.465 e.